The van der Waals surface area contributed by atoms with Crippen molar-refractivity contribution in [1.29, 1.82) is 0 Å². The van der Waals surface area contributed by atoms with Gasteiger partial charge in [-0.1, -0.05) is 0 Å². The summed E-state index contributed by atoms with van der Waals surface area (Å²) in [7, 11) is 0. The van der Waals surface area contributed by atoms with Gasteiger partial charge in [0.05, 0.1) is 5.60 Å². The number of hydrogen-bond acceptors (Lipinski definition) is 4. The van der Waals surface area contributed by atoms with E-state index in [1.807, 2.05) is 6.92 Å². The Morgan fingerprint density at radius 1 is 1.45 bits per heavy atom. The molecule has 1 unspecified atom stereocenters. The summed E-state index contributed by atoms with van der Waals surface area (Å²) in [4.78, 5) is 14.0. The molecule has 2 rings (SSSR count). The number of rotatable bonds is 5. The quantitative estimate of drug-likeness (QED) is 0.712. The fourth-order valence-corrected chi connectivity index (χ4v) is 2.48. The predicted molar refractivity (Wildman–Crippen MR) is 80.4 cm³/mol. The second kappa shape index (κ2) is 6.24. The van der Waals surface area contributed by atoms with Crippen LogP contribution in [0.15, 0.2) is 24.3 Å². The molecule has 4 N–H and O–H groups in total. The first kappa shape index (κ1) is 14.8. The second-order valence-electron chi connectivity index (χ2n) is 5.80. The lowest BCUT2D eigenvalue weighted by Crippen LogP contribution is -2.30. The molecule has 5 nitrogen and oxygen atoms in total. The third kappa shape index (κ3) is 4.51. The van der Waals surface area contributed by atoms with Gasteiger partial charge in [-0.25, -0.2) is 0 Å². The van der Waals surface area contributed by atoms with E-state index < -0.39 is 5.60 Å². The molecular weight excluding hydrogens is 254 g/mol. The highest BCUT2D eigenvalue weighted by Crippen LogP contribution is 2.20. The van der Waals surface area contributed by atoms with Crippen molar-refractivity contribution in [2.45, 2.75) is 31.8 Å². The number of anilines is 2. The van der Waals surface area contributed by atoms with Crippen LogP contribution >= 0.6 is 0 Å². The molecule has 0 spiro atoms. The molecule has 1 aliphatic rings. The van der Waals surface area contributed by atoms with E-state index in [1.54, 1.807) is 24.3 Å². The number of carbonyl (C=O) groups excluding carboxylic acids is 1. The van der Waals surface area contributed by atoms with Crippen molar-refractivity contribution in [3.05, 3.63) is 24.3 Å². The van der Waals surface area contributed by atoms with Gasteiger partial charge in [0.15, 0.2) is 0 Å². The first-order valence-electron chi connectivity index (χ1n) is 7.05. The largest absolute Gasteiger partial charge is 0.399 e. The van der Waals surface area contributed by atoms with Crippen molar-refractivity contribution in [2.75, 3.05) is 30.7 Å². The summed E-state index contributed by atoms with van der Waals surface area (Å²) in [5, 5.41) is 12.7. The molecule has 1 aromatic rings. The lowest BCUT2D eigenvalue weighted by atomic mass is 10.1. The molecule has 20 heavy (non-hydrogen) atoms. The molecule has 1 fully saturated rings. The lowest BCUT2D eigenvalue weighted by Gasteiger charge is -2.18. The number of carbonyl (C=O) groups is 1. The van der Waals surface area contributed by atoms with Gasteiger partial charge in [0.2, 0.25) is 5.91 Å². The SMILES string of the molecule is CC1(O)CCN(CCCC(=O)Nc2ccc(N)cc2)C1. The molecule has 1 aromatic carbocycles. The summed E-state index contributed by atoms with van der Waals surface area (Å²) >= 11 is 0. The third-order valence-electron chi connectivity index (χ3n) is 3.60. The molecule has 1 aliphatic heterocycles. The van der Waals surface area contributed by atoms with Gasteiger partial charge in [-0.3, -0.25) is 4.79 Å². The first-order valence-corrected chi connectivity index (χ1v) is 7.05. The minimum atomic E-state index is -0.563. The predicted octanol–water partition coefficient (Wildman–Crippen LogP) is 1.44. The molecule has 0 saturated carbocycles. The van der Waals surface area contributed by atoms with Crippen molar-refractivity contribution in [2.24, 2.45) is 0 Å². The number of benzene rings is 1. The van der Waals surface area contributed by atoms with E-state index >= 15 is 0 Å². The van der Waals surface area contributed by atoms with Crippen LogP contribution in [-0.2, 0) is 4.79 Å². The Hall–Kier alpha value is -1.59. The fraction of sp³-hybridized carbons (Fsp3) is 0.533. The normalized spacial score (nSPS) is 22.9. The molecule has 1 amide bonds. The molecule has 1 saturated heterocycles. The van der Waals surface area contributed by atoms with Crippen molar-refractivity contribution < 1.29 is 9.90 Å². The number of aliphatic hydroxyl groups is 1. The third-order valence-corrected chi connectivity index (χ3v) is 3.60. The van der Waals surface area contributed by atoms with Crippen LogP contribution in [0.25, 0.3) is 0 Å². The zero-order chi connectivity index (χ0) is 14.6. The van der Waals surface area contributed by atoms with Crippen LogP contribution in [0.3, 0.4) is 0 Å². The fourth-order valence-electron chi connectivity index (χ4n) is 2.48. The highest BCUT2D eigenvalue weighted by Gasteiger charge is 2.30. The van der Waals surface area contributed by atoms with Crippen LogP contribution in [0.1, 0.15) is 26.2 Å². The highest BCUT2D eigenvalue weighted by atomic mass is 16.3. The van der Waals surface area contributed by atoms with Gasteiger partial charge in [-0.05, 0) is 50.6 Å². The Morgan fingerprint density at radius 2 is 2.15 bits per heavy atom. The van der Waals surface area contributed by atoms with Crippen molar-refractivity contribution >= 4 is 17.3 Å². The topological polar surface area (TPSA) is 78.6 Å². The zero-order valence-corrected chi connectivity index (χ0v) is 11.9. The van der Waals surface area contributed by atoms with Crippen LogP contribution in [0.5, 0.6) is 0 Å². The number of hydrogen-bond donors (Lipinski definition) is 3. The summed E-state index contributed by atoms with van der Waals surface area (Å²) in [5.41, 5.74) is 6.48. The van der Waals surface area contributed by atoms with Gasteiger partial charge in [0.1, 0.15) is 0 Å². The smallest absolute Gasteiger partial charge is 0.224 e. The van der Waals surface area contributed by atoms with Gasteiger partial charge in [-0.2, -0.15) is 0 Å². The molecule has 110 valence electrons. The zero-order valence-electron chi connectivity index (χ0n) is 11.9. The molecule has 5 heteroatoms. The van der Waals surface area contributed by atoms with Gasteiger partial charge in [0, 0.05) is 30.9 Å². The second-order valence-corrected chi connectivity index (χ2v) is 5.80. The van der Waals surface area contributed by atoms with E-state index in [9.17, 15) is 9.90 Å². The maximum absolute atomic E-state index is 11.8. The summed E-state index contributed by atoms with van der Waals surface area (Å²) in [6, 6.07) is 7.12. The minimum absolute atomic E-state index is 0.0146. The monoisotopic (exact) mass is 277 g/mol. The van der Waals surface area contributed by atoms with Gasteiger partial charge < -0.3 is 21.1 Å². The van der Waals surface area contributed by atoms with Crippen LogP contribution < -0.4 is 11.1 Å². The average molecular weight is 277 g/mol. The molecule has 0 aliphatic carbocycles. The van der Waals surface area contributed by atoms with Crippen LogP contribution in [0.4, 0.5) is 11.4 Å². The summed E-state index contributed by atoms with van der Waals surface area (Å²) in [6.45, 7) is 4.32. The van der Waals surface area contributed by atoms with Gasteiger partial charge in [-0.15, -0.1) is 0 Å². The van der Waals surface area contributed by atoms with Crippen molar-refractivity contribution in [3.8, 4) is 0 Å². The first-order chi connectivity index (χ1) is 9.44. The van der Waals surface area contributed by atoms with Gasteiger partial charge in [0.25, 0.3) is 0 Å². The Kier molecular flexibility index (Phi) is 4.62. The number of likely N-dealkylation sites (tertiary alicyclic amines) is 1. The number of nitrogens with two attached hydrogens (primary N) is 1. The van der Waals surface area contributed by atoms with Crippen molar-refractivity contribution in [3.63, 3.8) is 0 Å². The van der Waals surface area contributed by atoms with Crippen LogP contribution in [-0.4, -0.2) is 41.1 Å². The van der Waals surface area contributed by atoms with Crippen LogP contribution in [0.2, 0.25) is 0 Å². The number of nitrogen functional groups attached to an aromatic ring is 1. The maximum Gasteiger partial charge on any atom is 0.224 e. The molecule has 0 aromatic heterocycles. The Labute approximate surface area is 119 Å². The average Bonchev–Trinajstić information content (AvgIpc) is 2.72. The standard InChI is InChI=1S/C15H23N3O2/c1-15(20)8-10-18(11-15)9-2-3-14(19)17-13-6-4-12(16)5-7-13/h4-7,20H,2-3,8-11,16H2,1H3,(H,17,19). The number of nitrogens with zero attached hydrogens (tertiary/aromatic N) is 1. The van der Waals surface area contributed by atoms with E-state index in [1.165, 1.54) is 0 Å². The molecule has 0 bridgehead atoms. The number of nitrogens with one attached hydrogen (secondary N) is 1. The summed E-state index contributed by atoms with van der Waals surface area (Å²) < 4.78 is 0. The van der Waals surface area contributed by atoms with E-state index in [0.29, 0.717) is 18.7 Å². The van der Waals surface area contributed by atoms with Crippen molar-refractivity contribution in [1.82, 2.24) is 4.90 Å². The molecule has 0 radical (unpaired) electrons. The minimum Gasteiger partial charge on any atom is -0.399 e. The van der Waals surface area contributed by atoms with Crippen LogP contribution in [0, 0.1) is 0 Å². The summed E-state index contributed by atoms with van der Waals surface area (Å²) in [6.07, 6.45) is 2.10. The lowest BCUT2D eigenvalue weighted by molar-refractivity contribution is -0.116. The van der Waals surface area contributed by atoms with E-state index in [2.05, 4.69) is 10.2 Å². The number of β-amino-alcohol motifs (C(OH)–C–C–N with tert-alkyl or cyclic N) is 1. The Morgan fingerprint density at radius 3 is 2.75 bits per heavy atom. The molecule has 1 heterocycles. The van der Waals surface area contributed by atoms with Gasteiger partial charge >= 0.3 is 0 Å². The summed E-state index contributed by atoms with van der Waals surface area (Å²) in [5.74, 6) is 0.0146. The molecule has 1 atom stereocenters. The Balaban J connectivity index is 1.67. The van der Waals surface area contributed by atoms with E-state index in [-0.39, 0.29) is 5.91 Å². The van der Waals surface area contributed by atoms with E-state index in [0.717, 1.165) is 31.6 Å². The highest BCUT2D eigenvalue weighted by molar-refractivity contribution is 5.90. The van der Waals surface area contributed by atoms with E-state index in [4.69, 9.17) is 5.73 Å². The maximum atomic E-state index is 11.8. The molecular formula is C15H23N3O2. The Bertz CT molecular complexity index is 457. The number of amides is 1.